The number of amides is 1. The highest BCUT2D eigenvalue weighted by molar-refractivity contribution is 5.76. The largest absolute Gasteiger partial charge is 0.367 e. The van der Waals surface area contributed by atoms with Crippen LogP contribution in [0.1, 0.15) is 18.4 Å². The number of nitrogens with zero attached hydrogens (tertiary/aromatic N) is 5. The molecule has 1 aromatic heterocycles. The van der Waals surface area contributed by atoms with E-state index in [1.807, 2.05) is 17.9 Å². The Morgan fingerprint density at radius 2 is 2.35 bits per heavy atom. The number of benzene rings is 1. The molecule has 0 spiro atoms. The van der Waals surface area contributed by atoms with E-state index in [0.29, 0.717) is 12.2 Å². The second kappa shape index (κ2) is 6.72. The van der Waals surface area contributed by atoms with E-state index in [0.717, 1.165) is 24.9 Å². The summed E-state index contributed by atoms with van der Waals surface area (Å²) in [7, 11) is 0. The molecule has 1 atom stereocenters. The van der Waals surface area contributed by atoms with E-state index in [1.54, 1.807) is 6.07 Å². The van der Waals surface area contributed by atoms with E-state index in [9.17, 15) is 9.18 Å². The van der Waals surface area contributed by atoms with Crippen LogP contribution in [0.5, 0.6) is 0 Å². The first-order chi connectivity index (χ1) is 11.1. The summed E-state index contributed by atoms with van der Waals surface area (Å²) < 4.78 is 15.4. The third-order valence-corrected chi connectivity index (χ3v) is 3.93. The SMILES string of the molecule is Cc1ccc(F)c(N2CCCC(NC(=O)Cn3cnnn3)C2)c1. The zero-order valence-electron chi connectivity index (χ0n) is 12.9. The number of piperidine rings is 1. The summed E-state index contributed by atoms with van der Waals surface area (Å²) in [5.74, 6) is -0.370. The molecule has 122 valence electrons. The second-order valence-electron chi connectivity index (χ2n) is 5.81. The third kappa shape index (κ3) is 3.82. The van der Waals surface area contributed by atoms with Gasteiger partial charge in [0.1, 0.15) is 18.7 Å². The molecule has 1 aliphatic rings. The summed E-state index contributed by atoms with van der Waals surface area (Å²) in [6, 6.07) is 5.09. The van der Waals surface area contributed by atoms with Crippen molar-refractivity contribution >= 4 is 11.6 Å². The molecule has 1 unspecified atom stereocenters. The summed E-state index contributed by atoms with van der Waals surface area (Å²) in [5, 5.41) is 13.6. The second-order valence-corrected chi connectivity index (χ2v) is 5.81. The fraction of sp³-hybridized carbons (Fsp3) is 0.467. The van der Waals surface area contributed by atoms with Crippen LogP contribution in [0.2, 0.25) is 0 Å². The molecule has 7 nitrogen and oxygen atoms in total. The van der Waals surface area contributed by atoms with Crippen LogP contribution in [0.4, 0.5) is 10.1 Å². The number of aryl methyl sites for hydroxylation is 1. The number of hydrogen-bond donors (Lipinski definition) is 1. The molecule has 0 aliphatic carbocycles. The molecule has 1 amide bonds. The van der Waals surface area contributed by atoms with Crippen molar-refractivity contribution in [2.75, 3.05) is 18.0 Å². The Morgan fingerprint density at radius 1 is 1.48 bits per heavy atom. The molecule has 0 radical (unpaired) electrons. The van der Waals surface area contributed by atoms with Gasteiger partial charge in [0.15, 0.2) is 0 Å². The van der Waals surface area contributed by atoms with Crippen molar-refractivity contribution in [2.45, 2.75) is 32.4 Å². The van der Waals surface area contributed by atoms with Gasteiger partial charge in [0.25, 0.3) is 0 Å². The molecule has 1 fully saturated rings. The molecule has 1 N–H and O–H groups in total. The minimum atomic E-state index is -0.226. The van der Waals surface area contributed by atoms with Gasteiger partial charge in [-0.1, -0.05) is 6.07 Å². The molecule has 2 heterocycles. The summed E-state index contributed by atoms with van der Waals surface area (Å²) in [5.41, 5.74) is 1.62. The number of halogens is 1. The topological polar surface area (TPSA) is 75.9 Å². The van der Waals surface area contributed by atoms with Gasteiger partial charge in [-0.05, 0) is 47.9 Å². The van der Waals surface area contributed by atoms with Crippen molar-refractivity contribution in [3.8, 4) is 0 Å². The Labute approximate surface area is 133 Å². The Kier molecular flexibility index (Phi) is 4.50. The Balaban J connectivity index is 1.61. The van der Waals surface area contributed by atoms with Gasteiger partial charge >= 0.3 is 0 Å². The van der Waals surface area contributed by atoms with Crippen molar-refractivity contribution in [2.24, 2.45) is 0 Å². The van der Waals surface area contributed by atoms with Crippen LogP contribution in [-0.2, 0) is 11.3 Å². The van der Waals surface area contributed by atoms with E-state index < -0.39 is 0 Å². The fourth-order valence-electron chi connectivity index (χ4n) is 2.85. The number of anilines is 1. The maximum atomic E-state index is 14.0. The van der Waals surface area contributed by atoms with Crippen LogP contribution in [-0.4, -0.2) is 45.2 Å². The predicted octanol–water partition coefficient (Wildman–Crippen LogP) is 0.906. The molecule has 8 heteroatoms. The number of carbonyl (C=O) groups excluding carboxylic acids is 1. The Hall–Kier alpha value is -2.51. The third-order valence-electron chi connectivity index (χ3n) is 3.93. The highest BCUT2D eigenvalue weighted by Gasteiger charge is 2.23. The lowest BCUT2D eigenvalue weighted by atomic mass is 10.0. The smallest absolute Gasteiger partial charge is 0.242 e. The first-order valence-electron chi connectivity index (χ1n) is 7.63. The first kappa shape index (κ1) is 15.4. The van der Waals surface area contributed by atoms with Gasteiger partial charge in [-0.25, -0.2) is 9.07 Å². The lowest BCUT2D eigenvalue weighted by molar-refractivity contribution is -0.122. The highest BCUT2D eigenvalue weighted by atomic mass is 19.1. The zero-order valence-corrected chi connectivity index (χ0v) is 12.9. The number of nitrogens with one attached hydrogen (secondary N) is 1. The van der Waals surface area contributed by atoms with Gasteiger partial charge in [0.05, 0.1) is 5.69 Å². The number of carbonyl (C=O) groups is 1. The van der Waals surface area contributed by atoms with E-state index >= 15 is 0 Å². The van der Waals surface area contributed by atoms with E-state index in [4.69, 9.17) is 0 Å². The van der Waals surface area contributed by atoms with Gasteiger partial charge < -0.3 is 10.2 Å². The Morgan fingerprint density at radius 3 is 3.13 bits per heavy atom. The van der Waals surface area contributed by atoms with Gasteiger partial charge in [-0.15, -0.1) is 5.10 Å². The lowest BCUT2D eigenvalue weighted by Gasteiger charge is -2.35. The molecule has 1 saturated heterocycles. The van der Waals surface area contributed by atoms with Crippen LogP contribution in [0.3, 0.4) is 0 Å². The molecule has 3 rings (SSSR count). The zero-order chi connectivity index (χ0) is 16.2. The standard InChI is InChI=1S/C15H19FN6O/c1-11-4-5-13(16)14(7-11)21-6-2-3-12(8-21)18-15(23)9-22-10-17-19-20-22/h4-5,7,10,12H,2-3,6,8-9H2,1H3,(H,18,23). The van der Waals surface area contributed by atoms with Crippen molar-refractivity contribution < 1.29 is 9.18 Å². The number of aromatic nitrogens is 4. The van der Waals surface area contributed by atoms with Gasteiger partial charge in [0.2, 0.25) is 5.91 Å². The quantitative estimate of drug-likeness (QED) is 0.907. The Bertz CT molecular complexity index is 675. The minimum Gasteiger partial charge on any atom is -0.367 e. The van der Waals surface area contributed by atoms with Crippen molar-refractivity contribution in [1.82, 2.24) is 25.5 Å². The highest BCUT2D eigenvalue weighted by Crippen LogP contribution is 2.24. The molecule has 1 aliphatic heterocycles. The van der Waals surface area contributed by atoms with Crippen molar-refractivity contribution in [3.05, 3.63) is 35.9 Å². The summed E-state index contributed by atoms with van der Waals surface area (Å²) in [6.07, 6.45) is 3.18. The lowest BCUT2D eigenvalue weighted by Crippen LogP contribution is -2.48. The first-order valence-corrected chi connectivity index (χ1v) is 7.63. The maximum absolute atomic E-state index is 14.0. The average Bonchev–Trinajstić information content (AvgIpc) is 3.02. The summed E-state index contributed by atoms with van der Waals surface area (Å²) >= 11 is 0. The average molecular weight is 318 g/mol. The normalized spacial score (nSPS) is 18.0. The van der Waals surface area contributed by atoms with Crippen molar-refractivity contribution in [1.29, 1.82) is 0 Å². The van der Waals surface area contributed by atoms with E-state index in [2.05, 4.69) is 20.8 Å². The monoisotopic (exact) mass is 318 g/mol. The van der Waals surface area contributed by atoms with Crippen LogP contribution in [0, 0.1) is 12.7 Å². The summed E-state index contributed by atoms with van der Waals surface area (Å²) in [6.45, 7) is 3.42. The molecule has 23 heavy (non-hydrogen) atoms. The van der Waals surface area contributed by atoms with Gasteiger partial charge in [0, 0.05) is 19.1 Å². The molecule has 0 bridgehead atoms. The van der Waals surface area contributed by atoms with Crippen LogP contribution in [0.15, 0.2) is 24.5 Å². The number of rotatable bonds is 4. The van der Waals surface area contributed by atoms with E-state index in [-0.39, 0.29) is 24.3 Å². The molecular weight excluding hydrogens is 299 g/mol. The number of tetrazole rings is 1. The van der Waals surface area contributed by atoms with Crippen LogP contribution in [0.25, 0.3) is 0 Å². The van der Waals surface area contributed by atoms with Crippen molar-refractivity contribution in [3.63, 3.8) is 0 Å². The predicted molar refractivity (Wildman–Crippen MR) is 82.3 cm³/mol. The van der Waals surface area contributed by atoms with Gasteiger partial charge in [-0.2, -0.15) is 0 Å². The fourth-order valence-corrected chi connectivity index (χ4v) is 2.85. The number of hydrogen-bond acceptors (Lipinski definition) is 5. The minimum absolute atomic E-state index is 0.00681. The molecule has 2 aromatic rings. The molecule has 1 aromatic carbocycles. The molecule has 0 saturated carbocycles. The van der Waals surface area contributed by atoms with Gasteiger partial charge in [-0.3, -0.25) is 4.79 Å². The summed E-state index contributed by atoms with van der Waals surface area (Å²) in [4.78, 5) is 14.0. The van der Waals surface area contributed by atoms with E-state index in [1.165, 1.54) is 17.1 Å². The molecular formula is C15H19FN6O. The van der Waals surface area contributed by atoms with Crippen LogP contribution >= 0.6 is 0 Å². The maximum Gasteiger partial charge on any atom is 0.242 e. The van der Waals surface area contributed by atoms with Crippen LogP contribution < -0.4 is 10.2 Å².